The summed E-state index contributed by atoms with van der Waals surface area (Å²) in [6.45, 7) is 5.11. The maximum absolute atomic E-state index is 12.6. The number of carbonyl (C=O) groups is 2. The van der Waals surface area contributed by atoms with E-state index in [0.717, 1.165) is 24.3 Å². The molecule has 26 heavy (non-hydrogen) atoms. The molecule has 1 N–H and O–H groups in total. The Morgan fingerprint density at radius 3 is 2.69 bits per heavy atom. The van der Waals surface area contributed by atoms with Crippen molar-refractivity contribution >= 4 is 23.2 Å². The number of thiophene rings is 1. The van der Waals surface area contributed by atoms with Crippen LogP contribution in [0.3, 0.4) is 0 Å². The third kappa shape index (κ3) is 4.43. The van der Waals surface area contributed by atoms with Gasteiger partial charge in [-0.2, -0.15) is 0 Å². The zero-order chi connectivity index (χ0) is 18.5. The van der Waals surface area contributed by atoms with Crippen LogP contribution in [-0.4, -0.2) is 41.9 Å². The van der Waals surface area contributed by atoms with Crippen LogP contribution < -0.4 is 10.1 Å². The Hall–Kier alpha value is -2.34. The van der Waals surface area contributed by atoms with Crippen LogP contribution in [0, 0.1) is 0 Å². The first-order valence-corrected chi connectivity index (χ1v) is 9.81. The van der Waals surface area contributed by atoms with Crippen LogP contribution in [-0.2, 0) is 0 Å². The molecule has 0 spiro atoms. The molecule has 1 unspecified atom stereocenters. The average Bonchev–Trinajstić information content (AvgIpc) is 3.31. The van der Waals surface area contributed by atoms with Gasteiger partial charge in [0.05, 0.1) is 10.9 Å². The average molecular weight is 372 g/mol. The number of benzene rings is 1. The second-order valence-corrected chi connectivity index (χ2v) is 7.68. The van der Waals surface area contributed by atoms with Crippen molar-refractivity contribution in [2.24, 2.45) is 0 Å². The number of nitrogens with one attached hydrogen (secondary N) is 1. The Morgan fingerprint density at radius 2 is 2.04 bits per heavy atom. The van der Waals surface area contributed by atoms with E-state index in [2.05, 4.69) is 5.32 Å². The molecule has 1 fully saturated rings. The fraction of sp³-hybridized carbons (Fsp3) is 0.400. The van der Waals surface area contributed by atoms with Crippen LogP contribution in [0.25, 0.3) is 0 Å². The van der Waals surface area contributed by atoms with Crippen molar-refractivity contribution in [3.8, 4) is 5.75 Å². The van der Waals surface area contributed by atoms with Gasteiger partial charge in [-0.15, -0.1) is 11.3 Å². The number of amides is 2. The summed E-state index contributed by atoms with van der Waals surface area (Å²) >= 11 is 1.47. The minimum atomic E-state index is -0.0879. The van der Waals surface area contributed by atoms with E-state index in [1.807, 2.05) is 36.3 Å². The molecule has 5 nitrogen and oxygen atoms in total. The Labute approximate surface area is 158 Å². The van der Waals surface area contributed by atoms with E-state index < -0.39 is 0 Å². The summed E-state index contributed by atoms with van der Waals surface area (Å²) < 4.78 is 5.88. The van der Waals surface area contributed by atoms with Gasteiger partial charge in [0.2, 0.25) is 0 Å². The quantitative estimate of drug-likeness (QED) is 0.843. The molecule has 0 aliphatic carbocycles. The van der Waals surface area contributed by atoms with Gasteiger partial charge < -0.3 is 15.0 Å². The molecule has 0 radical (unpaired) electrons. The molecule has 1 aromatic heterocycles. The van der Waals surface area contributed by atoms with Gasteiger partial charge in [-0.05, 0) is 62.4 Å². The first-order valence-electron chi connectivity index (χ1n) is 8.93. The maximum Gasteiger partial charge on any atom is 0.264 e. The zero-order valence-corrected chi connectivity index (χ0v) is 15.9. The second kappa shape index (κ2) is 8.36. The minimum absolute atomic E-state index is 0.0879. The third-order valence-corrected chi connectivity index (χ3v) is 5.21. The van der Waals surface area contributed by atoms with Gasteiger partial charge in [0.25, 0.3) is 11.8 Å². The summed E-state index contributed by atoms with van der Waals surface area (Å²) in [4.78, 5) is 27.2. The van der Waals surface area contributed by atoms with E-state index in [0.29, 0.717) is 17.9 Å². The molecule has 1 atom stereocenters. The van der Waals surface area contributed by atoms with E-state index in [-0.39, 0.29) is 23.9 Å². The highest BCUT2D eigenvalue weighted by molar-refractivity contribution is 7.12. The van der Waals surface area contributed by atoms with E-state index in [4.69, 9.17) is 4.74 Å². The van der Waals surface area contributed by atoms with Gasteiger partial charge in [0.15, 0.2) is 0 Å². The number of ether oxygens (including phenoxy) is 1. The molecule has 1 aromatic carbocycles. The Bertz CT molecular complexity index is 741. The predicted molar refractivity (Wildman–Crippen MR) is 103 cm³/mol. The highest BCUT2D eigenvalue weighted by Gasteiger charge is 2.30. The number of nitrogens with zero attached hydrogens (tertiary/aromatic N) is 1. The fourth-order valence-electron chi connectivity index (χ4n) is 3.06. The summed E-state index contributed by atoms with van der Waals surface area (Å²) in [7, 11) is 0. The molecule has 1 aliphatic heterocycles. The lowest BCUT2D eigenvalue weighted by molar-refractivity contribution is 0.0696. The van der Waals surface area contributed by atoms with Crippen LogP contribution in [0.1, 0.15) is 46.7 Å². The molecule has 1 aliphatic rings. The molecular weight excluding hydrogens is 348 g/mol. The van der Waals surface area contributed by atoms with Crippen LogP contribution in [0.2, 0.25) is 0 Å². The molecule has 0 bridgehead atoms. The van der Waals surface area contributed by atoms with Crippen molar-refractivity contribution in [3.05, 3.63) is 52.2 Å². The van der Waals surface area contributed by atoms with Gasteiger partial charge >= 0.3 is 0 Å². The normalized spacial score (nSPS) is 16.7. The molecule has 138 valence electrons. The Morgan fingerprint density at radius 1 is 1.27 bits per heavy atom. The molecule has 1 saturated heterocycles. The number of hydrogen-bond acceptors (Lipinski definition) is 4. The summed E-state index contributed by atoms with van der Waals surface area (Å²) in [5.74, 6) is 0.711. The monoisotopic (exact) mass is 372 g/mol. The molecule has 2 aromatic rings. The molecular formula is C20H24N2O3S. The third-order valence-electron chi connectivity index (χ3n) is 4.35. The summed E-state index contributed by atoms with van der Waals surface area (Å²) in [6.07, 6.45) is 1.95. The first-order chi connectivity index (χ1) is 12.5. The number of rotatable bonds is 6. The SMILES string of the molecule is CC(C)NC(=O)c1ccc(OCC2CCCN2C(=O)c2cccs2)cc1. The molecule has 3 rings (SSSR count). The topological polar surface area (TPSA) is 58.6 Å². The maximum atomic E-state index is 12.6. The summed E-state index contributed by atoms with van der Waals surface area (Å²) in [6, 6.07) is 11.1. The molecule has 0 saturated carbocycles. The Balaban J connectivity index is 1.56. The highest BCUT2D eigenvalue weighted by atomic mass is 32.1. The predicted octanol–water partition coefficient (Wildman–Crippen LogP) is 3.57. The summed E-state index contributed by atoms with van der Waals surface area (Å²) in [5.41, 5.74) is 0.612. The van der Waals surface area contributed by atoms with E-state index in [9.17, 15) is 9.59 Å². The fourth-order valence-corrected chi connectivity index (χ4v) is 3.74. The molecule has 6 heteroatoms. The van der Waals surface area contributed by atoms with Crippen molar-refractivity contribution in [1.29, 1.82) is 0 Å². The van der Waals surface area contributed by atoms with Crippen LogP contribution in [0.4, 0.5) is 0 Å². The standard InChI is InChI=1S/C20H24N2O3S/c1-14(2)21-19(23)15-7-9-17(10-8-15)25-13-16-5-3-11-22(16)20(24)18-6-4-12-26-18/h4,6-10,12,14,16H,3,5,11,13H2,1-2H3,(H,21,23). The lowest BCUT2D eigenvalue weighted by Gasteiger charge is -2.24. The van der Waals surface area contributed by atoms with Crippen molar-refractivity contribution in [2.75, 3.05) is 13.2 Å². The first kappa shape index (κ1) is 18.5. The van der Waals surface area contributed by atoms with Gasteiger partial charge in [0.1, 0.15) is 12.4 Å². The second-order valence-electron chi connectivity index (χ2n) is 6.74. The van der Waals surface area contributed by atoms with Gasteiger partial charge in [-0.25, -0.2) is 0 Å². The molecule has 2 heterocycles. The highest BCUT2D eigenvalue weighted by Crippen LogP contribution is 2.23. The Kier molecular flexibility index (Phi) is 5.93. The summed E-state index contributed by atoms with van der Waals surface area (Å²) in [5, 5.41) is 4.79. The van der Waals surface area contributed by atoms with Crippen molar-refractivity contribution in [2.45, 2.75) is 38.8 Å². The van der Waals surface area contributed by atoms with E-state index >= 15 is 0 Å². The lowest BCUT2D eigenvalue weighted by Crippen LogP contribution is -2.38. The minimum Gasteiger partial charge on any atom is -0.491 e. The van der Waals surface area contributed by atoms with E-state index in [1.165, 1.54) is 11.3 Å². The number of likely N-dealkylation sites (tertiary alicyclic amines) is 1. The van der Waals surface area contributed by atoms with Crippen molar-refractivity contribution in [1.82, 2.24) is 10.2 Å². The zero-order valence-electron chi connectivity index (χ0n) is 15.1. The number of carbonyl (C=O) groups excluding carboxylic acids is 2. The van der Waals surface area contributed by atoms with Gasteiger partial charge in [-0.3, -0.25) is 9.59 Å². The van der Waals surface area contributed by atoms with E-state index in [1.54, 1.807) is 24.3 Å². The smallest absolute Gasteiger partial charge is 0.264 e. The molecule has 2 amide bonds. The lowest BCUT2D eigenvalue weighted by atomic mass is 10.2. The van der Waals surface area contributed by atoms with Gasteiger partial charge in [-0.1, -0.05) is 6.07 Å². The van der Waals surface area contributed by atoms with Gasteiger partial charge in [0, 0.05) is 18.2 Å². The van der Waals surface area contributed by atoms with Crippen LogP contribution in [0.5, 0.6) is 5.75 Å². The van der Waals surface area contributed by atoms with Crippen LogP contribution >= 0.6 is 11.3 Å². The largest absolute Gasteiger partial charge is 0.491 e. The van der Waals surface area contributed by atoms with Crippen molar-refractivity contribution < 1.29 is 14.3 Å². The number of hydrogen-bond donors (Lipinski definition) is 1. The van der Waals surface area contributed by atoms with Crippen LogP contribution in [0.15, 0.2) is 41.8 Å². The van der Waals surface area contributed by atoms with Crippen molar-refractivity contribution in [3.63, 3.8) is 0 Å².